The van der Waals surface area contributed by atoms with E-state index in [1.807, 2.05) is 17.1 Å². The fourth-order valence-corrected chi connectivity index (χ4v) is 3.30. The third-order valence-corrected chi connectivity index (χ3v) is 4.39. The SMILES string of the molecule is COCCn1cc(NCc2ccccc2N2C[C@@H](C)O[C@H](C)C2)cn1. The molecule has 0 aliphatic carbocycles. The number of nitrogens with one attached hydrogen (secondary N) is 1. The van der Waals surface area contributed by atoms with Crippen molar-refractivity contribution in [1.82, 2.24) is 9.78 Å². The minimum atomic E-state index is 0.254. The van der Waals surface area contributed by atoms with Crippen LogP contribution in [0.1, 0.15) is 19.4 Å². The summed E-state index contributed by atoms with van der Waals surface area (Å²) in [5.41, 5.74) is 3.59. The van der Waals surface area contributed by atoms with Gasteiger partial charge < -0.3 is 19.7 Å². The lowest BCUT2D eigenvalue weighted by molar-refractivity contribution is -0.00525. The minimum absolute atomic E-state index is 0.254. The lowest BCUT2D eigenvalue weighted by atomic mass is 10.1. The molecule has 6 heteroatoms. The molecule has 1 aromatic heterocycles. The highest BCUT2D eigenvalue weighted by atomic mass is 16.5. The molecule has 2 aromatic rings. The molecular formula is C19H28N4O2. The minimum Gasteiger partial charge on any atom is -0.383 e. The standard InChI is InChI=1S/C19H28N4O2/c1-15-12-22(13-16(2)25-15)19-7-5-4-6-17(19)10-20-18-11-21-23(14-18)8-9-24-3/h4-7,11,14-16,20H,8-10,12-13H2,1-3H3/t15-,16-/m1/s1. The fraction of sp³-hybridized carbons (Fsp3) is 0.526. The van der Waals surface area contributed by atoms with Crippen LogP contribution in [0.2, 0.25) is 0 Å². The van der Waals surface area contributed by atoms with Gasteiger partial charge in [0.25, 0.3) is 0 Å². The Bertz CT molecular complexity index is 663. The Balaban J connectivity index is 1.66. The number of rotatable bonds is 7. The summed E-state index contributed by atoms with van der Waals surface area (Å²) >= 11 is 0. The monoisotopic (exact) mass is 344 g/mol. The van der Waals surface area contributed by atoms with Crippen molar-refractivity contribution in [2.45, 2.75) is 39.1 Å². The molecule has 6 nitrogen and oxygen atoms in total. The maximum atomic E-state index is 5.86. The van der Waals surface area contributed by atoms with Gasteiger partial charge in [-0.1, -0.05) is 18.2 Å². The van der Waals surface area contributed by atoms with Crippen LogP contribution in [-0.2, 0) is 22.6 Å². The molecule has 0 radical (unpaired) electrons. The number of nitrogens with zero attached hydrogens (tertiary/aromatic N) is 3. The molecule has 136 valence electrons. The van der Waals surface area contributed by atoms with E-state index in [-0.39, 0.29) is 12.2 Å². The molecule has 1 saturated heterocycles. The maximum Gasteiger partial charge on any atom is 0.0729 e. The van der Waals surface area contributed by atoms with Gasteiger partial charge in [-0.15, -0.1) is 0 Å². The van der Waals surface area contributed by atoms with E-state index in [1.165, 1.54) is 11.3 Å². The van der Waals surface area contributed by atoms with Crippen LogP contribution in [0.5, 0.6) is 0 Å². The molecule has 1 aliphatic rings. The van der Waals surface area contributed by atoms with Crippen molar-refractivity contribution in [1.29, 1.82) is 0 Å². The smallest absolute Gasteiger partial charge is 0.0729 e. The van der Waals surface area contributed by atoms with Gasteiger partial charge >= 0.3 is 0 Å². The van der Waals surface area contributed by atoms with Crippen LogP contribution in [0.4, 0.5) is 11.4 Å². The molecule has 2 atom stereocenters. The van der Waals surface area contributed by atoms with E-state index in [4.69, 9.17) is 9.47 Å². The Morgan fingerprint density at radius 2 is 2.00 bits per heavy atom. The second-order valence-corrected chi connectivity index (χ2v) is 6.63. The van der Waals surface area contributed by atoms with Gasteiger partial charge in [-0.05, 0) is 25.5 Å². The molecule has 1 N–H and O–H groups in total. The molecule has 1 aromatic carbocycles. The Morgan fingerprint density at radius 1 is 1.24 bits per heavy atom. The summed E-state index contributed by atoms with van der Waals surface area (Å²) in [6.07, 6.45) is 4.38. The first-order chi connectivity index (χ1) is 12.2. The van der Waals surface area contributed by atoms with Crippen molar-refractivity contribution < 1.29 is 9.47 Å². The van der Waals surface area contributed by atoms with Gasteiger partial charge in [-0.2, -0.15) is 5.10 Å². The zero-order chi connectivity index (χ0) is 17.6. The number of anilines is 2. The Morgan fingerprint density at radius 3 is 2.76 bits per heavy atom. The molecule has 0 unspecified atom stereocenters. The lowest BCUT2D eigenvalue weighted by Crippen LogP contribution is -2.45. The number of methoxy groups -OCH3 is 1. The van der Waals surface area contributed by atoms with Gasteiger partial charge in [-0.3, -0.25) is 4.68 Å². The molecule has 0 saturated carbocycles. The zero-order valence-electron chi connectivity index (χ0n) is 15.3. The number of aromatic nitrogens is 2. The number of hydrogen-bond acceptors (Lipinski definition) is 5. The fourth-order valence-electron chi connectivity index (χ4n) is 3.30. The Labute approximate surface area is 149 Å². The summed E-state index contributed by atoms with van der Waals surface area (Å²) < 4.78 is 12.8. The summed E-state index contributed by atoms with van der Waals surface area (Å²) in [6, 6.07) is 8.58. The van der Waals surface area contributed by atoms with Crippen LogP contribution in [0.25, 0.3) is 0 Å². The van der Waals surface area contributed by atoms with Crippen molar-refractivity contribution in [2.24, 2.45) is 0 Å². The average Bonchev–Trinajstić information content (AvgIpc) is 3.05. The summed E-state index contributed by atoms with van der Waals surface area (Å²) in [6.45, 7) is 8.32. The van der Waals surface area contributed by atoms with Crippen LogP contribution < -0.4 is 10.2 Å². The van der Waals surface area contributed by atoms with E-state index in [2.05, 4.69) is 53.4 Å². The van der Waals surface area contributed by atoms with Crippen LogP contribution in [0.15, 0.2) is 36.7 Å². The van der Waals surface area contributed by atoms with Gasteiger partial charge in [0, 0.05) is 38.6 Å². The number of morpholine rings is 1. The van der Waals surface area contributed by atoms with E-state index in [0.29, 0.717) is 6.61 Å². The number of ether oxygens (including phenoxy) is 2. The topological polar surface area (TPSA) is 51.5 Å². The Hall–Kier alpha value is -2.05. The highest BCUT2D eigenvalue weighted by Gasteiger charge is 2.23. The van der Waals surface area contributed by atoms with Gasteiger partial charge in [0.15, 0.2) is 0 Å². The maximum absolute atomic E-state index is 5.86. The second-order valence-electron chi connectivity index (χ2n) is 6.63. The van der Waals surface area contributed by atoms with Gasteiger partial charge in [-0.25, -0.2) is 0 Å². The molecule has 0 amide bonds. The average molecular weight is 344 g/mol. The lowest BCUT2D eigenvalue weighted by Gasteiger charge is -2.37. The summed E-state index contributed by atoms with van der Waals surface area (Å²) in [7, 11) is 1.70. The van der Waals surface area contributed by atoms with E-state index < -0.39 is 0 Å². The highest BCUT2D eigenvalue weighted by molar-refractivity contribution is 5.55. The third kappa shape index (κ3) is 4.74. The number of hydrogen-bond donors (Lipinski definition) is 1. The van der Waals surface area contributed by atoms with E-state index >= 15 is 0 Å². The van der Waals surface area contributed by atoms with E-state index in [9.17, 15) is 0 Å². The zero-order valence-corrected chi connectivity index (χ0v) is 15.3. The van der Waals surface area contributed by atoms with Gasteiger partial charge in [0.2, 0.25) is 0 Å². The molecular weight excluding hydrogens is 316 g/mol. The largest absolute Gasteiger partial charge is 0.383 e. The quantitative estimate of drug-likeness (QED) is 0.837. The van der Waals surface area contributed by atoms with Crippen LogP contribution in [0, 0.1) is 0 Å². The first-order valence-corrected chi connectivity index (χ1v) is 8.89. The third-order valence-electron chi connectivity index (χ3n) is 4.39. The molecule has 3 rings (SSSR count). The predicted molar refractivity (Wildman–Crippen MR) is 100 cm³/mol. The predicted octanol–water partition coefficient (Wildman–Crippen LogP) is 2.76. The number of para-hydroxylation sites is 1. The van der Waals surface area contributed by atoms with Gasteiger partial charge in [0.05, 0.1) is 37.2 Å². The molecule has 1 fully saturated rings. The van der Waals surface area contributed by atoms with Crippen molar-refractivity contribution >= 4 is 11.4 Å². The van der Waals surface area contributed by atoms with Crippen molar-refractivity contribution in [3.8, 4) is 0 Å². The summed E-state index contributed by atoms with van der Waals surface area (Å²) in [5, 5.41) is 7.82. The molecule has 0 bridgehead atoms. The molecule has 1 aliphatic heterocycles. The Kier molecular flexibility index (Phi) is 5.94. The van der Waals surface area contributed by atoms with E-state index in [1.54, 1.807) is 7.11 Å². The van der Waals surface area contributed by atoms with Crippen molar-refractivity contribution in [3.63, 3.8) is 0 Å². The van der Waals surface area contributed by atoms with Crippen LogP contribution in [0.3, 0.4) is 0 Å². The van der Waals surface area contributed by atoms with Crippen molar-refractivity contribution in [2.75, 3.05) is 37.0 Å². The first kappa shape index (κ1) is 17.8. The highest BCUT2D eigenvalue weighted by Crippen LogP contribution is 2.25. The first-order valence-electron chi connectivity index (χ1n) is 8.89. The number of benzene rings is 1. The molecule has 2 heterocycles. The summed E-state index contributed by atoms with van der Waals surface area (Å²) in [5.74, 6) is 0. The van der Waals surface area contributed by atoms with E-state index in [0.717, 1.165) is 31.9 Å². The van der Waals surface area contributed by atoms with Crippen LogP contribution in [-0.4, -0.2) is 48.8 Å². The molecule has 0 spiro atoms. The van der Waals surface area contributed by atoms with Crippen LogP contribution >= 0.6 is 0 Å². The normalized spacial score (nSPS) is 20.7. The van der Waals surface area contributed by atoms with Gasteiger partial charge in [0.1, 0.15) is 0 Å². The van der Waals surface area contributed by atoms with Crippen molar-refractivity contribution in [3.05, 3.63) is 42.2 Å². The summed E-state index contributed by atoms with van der Waals surface area (Å²) in [4.78, 5) is 2.43. The second kappa shape index (κ2) is 8.36. The molecule has 25 heavy (non-hydrogen) atoms.